The molecule has 0 bridgehead atoms. The summed E-state index contributed by atoms with van der Waals surface area (Å²) in [7, 11) is -3.88. The Hall–Kier alpha value is -1.32. The van der Waals surface area contributed by atoms with Gasteiger partial charge in [-0.1, -0.05) is 6.07 Å². The van der Waals surface area contributed by atoms with E-state index < -0.39 is 22.1 Å². The number of hydrogen-bond acceptors (Lipinski definition) is 4. The zero-order chi connectivity index (χ0) is 17.3. The fourth-order valence-corrected chi connectivity index (χ4v) is 4.17. The molecule has 0 aliphatic carbocycles. The van der Waals surface area contributed by atoms with E-state index in [0.29, 0.717) is 13.0 Å². The van der Waals surface area contributed by atoms with Crippen molar-refractivity contribution in [1.29, 1.82) is 0 Å². The van der Waals surface area contributed by atoms with E-state index in [1.165, 1.54) is 16.4 Å². The minimum Gasteiger partial charge on any atom is -0.406 e. The first-order valence-electron chi connectivity index (χ1n) is 7.21. The SMILES string of the molecule is C[C@@H](N)[C@@H]1CCCN(S(=O)(=O)c2cccc(OC(F)(F)F)c2)C1. The summed E-state index contributed by atoms with van der Waals surface area (Å²) in [6, 6.07) is 4.29. The smallest absolute Gasteiger partial charge is 0.406 e. The van der Waals surface area contributed by atoms with E-state index in [4.69, 9.17) is 5.73 Å². The van der Waals surface area contributed by atoms with Crippen LogP contribution in [0.5, 0.6) is 5.75 Å². The molecule has 0 saturated carbocycles. The summed E-state index contributed by atoms with van der Waals surface area (Å²) in [5, 5.41) is 0. The molecule has 0 spiro atoms. The molecule has 130 valence electrons. The minimum absolute atomic E-state index is 0.0353. The molecule has 0 unspecified atom stereocenters. The van der Waals surface area contributed by atoms with Gasteiger partial charge < -0.3 is 10.5 Å². The third-order valence-electron chi connectivity index (χ3n) is 3.84. The Balaban J connectivity index is 2.24. The van der Waals surface area contributed by atoms with Gasteiger partial charge >= 0.3 is 6.36 Å². The minimum atomic E-state index is -4.87. The summed E-state index contributed by atoms with van der Waals surface area (Å²) >= 11 is 0. The highest BCUT2D eigenvalue weighted by Gasteiger charge is 2.34. The summed E-state index contributed by atoms with van der Waals surface area (Å²) in [6.07, 6.45) is -3.36. The van der Waals surface area contributed by atoms with Crippen molar-refractivity contribution < 1.29 is 26.3 Å². The predicted molar refractivity (Wildman–Crippen MR) is 78.3 cm³/mol. The largest absolute Gasteiger partial charge is 0.573 e. The van der Waals surface area contributed by atoms with Crippen LogP contribution in [0.1, 0.15) is 19.8 Å². The number of benzene rings is 1. The molecule has 1 fully saturated rings. The van der Waals surface area contributed by atoms with Crippen molar-refractivity contribution in [3.05, 3.63) is 24.3 Å². The molecule has 0 amide bonds. The van der Waals surface area contributed by atoms with E-state index in [9.17, 15) is 21.6 Å². The monoisotopic (exact) mass is 352 g/mol. The van der Waals surface area contributed by atoms with Crippen LogP contribution >= 0.6 is 0 Å². The van der Waals surface area contributed by atoms with Gasteiger partial charge in [0.25, 0.3) is 0 Å². The number of ether oxygens (including phenoxy) is 1. The van der Waals surface area contributed by atoms with E-state index in [0.717, 1.165) is 18.6 Å². The van der Waals surface area contributed by atoms with Gasteiger partial charge in [0.1, 0.15) is 5.75 Å². The lowest BCUT2D eigenvalue weighted by Gasteiger charge is -2.33. The Morgan fingerprint density at radius 3 is 2.70 bits per heavy atom. The molecule has 2 N–H and O–H groups in total. The summed E-state index contributed by atoms with van der Waals surface area (Å²) in [6.45, 7) is 2.42. The number of alkyl halides is 3. The van der Waals surface area contributed by atoms with E-state index >= 15 is 0 Å². The van der Waals surface area contributed by atoms with Crippen LogP contribution in [0.3, 0.4) is 0 Å². The van der Waals surface area contributed by atoms with Crippen molar-refractivity contribution in [2.75, 3.05) is 13.1 Å². The zero-order valence-corrected chi connectivity index (χ0v) is 13.4. The highest BCUT2D eigenvalue weighted by atomic mass is 32.2. The molecule has 2 atom stereocenters. The highest BCUT2D eigenvalue weighted by Crippen LogP contribution is 2.29. The molecule has 1 aromatic carbocycles. The third kappa shape index (κ3) is 4.58. The average molecular weight is 352 g/mol. The van der Waals surface area contributed by atoms with Gasteiger partial charge in [-0.2, -0.15) is 4.31 Å². The Morgan fingerprint density at radius 1 is 1.39 bits per heavy atom. The predicted octanol–water partition coefficient (Wildman–Crippen LogP) is 2.33. The average Bonchev–Trinajstić information content (AvgIpc) is 2.46. The standard InChI is InChI=1S/C14H19F3N2O3S/c1-10(18)11-4-3-7-19(9-11)23(20,21)13-6-2-5-12(8-13)22-14(15,16)17/h2,5-6,8,10-11H,3-4,7,9,18H2,1H3/t10-,11-/m1/s1. The van der Waals surface area contributed by atoms with Crippen LogP contribution in [-0.4, -0.2) is 38.2 Å². The first-order valence-corrected chi connectivity index (χ1v) is 8.65. The Bertz CT molecular complexity index is 647. The molecule has 0 radical (unpaired) electrons. The van der Waals surface area contributed by atoms with Crippen molar-refractivity contribution in [3.63, 3.8) is 0 Å². The van der Waals surface area contributed by atoms with Crippen LogP contribution in [0, 0.1) is 5.92 Å². The van der Waals surface area contributed by atoms with Crippen LogP contribution in [0.25, 0.3) is 0 Å². The normalized spacial score (nSPS) is 21.9. The first-order chi connectivity index (χ1) is 10.6. The van der Waals surface area contributed by atoms with Crippen molar-refractivity contribution in [2.24, 2.45) is 11.7 Å². The van der Waals surface area contributed by atoms with Crippen LogP contribution < -0.4 is 10.5 Å². The van der Waals surface area contributed by atoms with Gasteiger partial charge in [-0.05, 0) is 37.8 Å². The topological polar surface area (TPSA) is 72.6 Å². The van der Waals surface area contributed by atoms with Gasteiger partial charge in [0.05, 0.1) is 4.90 Å². The number of nitrogens with two attached hydrogens (primary N) is 1. The molecule has 23 heavy (non-hydrogen) atoms. The fraction of sp³-hybridized carbons (Fsp3) is 0.571. The zero-order valence-electron chi connectivity index (χ0n) is 12.6. The number of sulfonamides is 1. The number of nitrogens with zero attached hydrogens (tertiary/aromatic N) is 1. The maximum atomic E-state index is 12.6. The van der Waals surface area contributed by atoms with Crippen LogP contribution in [0.15, 0.2) is 29.2 Å². The molecule has 9 heteroatoms. The Kier molecular flexibility index (Phi) is 5.22. The second-order valence-electron chi connectivity index (χ2n) is 5.65. The van der Waals surface area contributed by atoms with Gasteiger partial charge in [0.2, 0.25) is 10.0 Å². The molecule has 0 aromatic heterocycles. The van der Waals surface area contributed by atoms with E-state index in [1.807, 2.05) is 6.92 Å². The van der Waals surface area contributed by atoms with Crippen LogP contribution in [0.2, 0.25) is 0 Å². The molecule has 5 nitrogen and oxygen atoms in total. The second kappa shape index (κ2) is 6.66. The third-order valence-corrected chi connectivity index (χ3v) is 5.70. The lowest BCUT2D eigenvalue weighted by Crippen LogP contribution is -2.44. The Labute approximate surface area is 133 Å². The molecule has 2 rings (SSSR count). The molecule has 1 aliphatic rings. The quantitative estimate of drug-likeness (QED) is 0.903. The highest BCUT2D eigenvalue weighted by molar-refractivity contribution is 7.89. The van der Waals surface area contributed by atoms with E-state index in [1.54, 1.807) is 0 Å². The van der Waals surface area contributed by atoms with Gasteiger partial charge in [-0.25, -0.2) is 8.42 Å². The molecule has 1 saturated heterocycles. The molecular formula is C14H19F3N2O3S. The summed E-state index contributed by atoms with van der Waals surface area (Å²) in [4.78, 5) is -0.218. The second-order valence-corrected chi connectivity index (χ2v) is 7.59. The summed E-state index contributed by atoms with van der Waals surface area (Å²) < 4.78 is 67.1. The fourth-order valence-electron chi connectivity index (χ4n) is 2.60. The maximum absolute atomic E-state index is 12.6. The Morgan fingerprint density at radius 2 is 2.09 bits per heavy atom. The van der Waals surface area contributed by atoms with Gasteiger partial charge in [-0.15, -0.1) is 13.2 Å². The lowest BCUT2D eigenvalue weighted by molar-refractivity contribution is -0.274. The van der Waals surface area contributed by atoms with Gasteiger partial charge in [0.15, 0.2) is 0 Å². The summed E-state index contributed by atoms with van der Waals surface area (Å²) in [5.74, 6) is -0.521. The number of hydrogen-bond donors (Lipinski definition) is 1. The molecular weight excluding hydrogens is 333 g/mol. The lowest BCUT2D eigenvalue weighted by atomic mass is 9.93. The molecule has 1 aromatic rings. The van der Waals surface area contributed by atoms with Crippen molar-refractivity contribution >= 4 is 10.0 Å². The van der Waals surface area contributed by atoms with E-state index in [2.05, 4.69) is 4.74 Å². The number of piperidine rings is 1. The van der Waals surface area contributed by atoms with Crippen molar-refractivity contribution in [2.45, 2.75) is 37.1 Å². The van der Waals surface area contributed by atoms with Gasteiger partial charge in [0, 0.05) is 25.2 Å². The van der Waals surface area contributed by atoms with Crippen molar-refractivity contribution in [1.82, 2.24) is 4.31 Å². The van der Waals surface area contributed by atoms with E-state index in [-0.39, 0.29) is 23.4 Å². The van der Waals surface area contributed by atoms with Crippen LogP contribution in [-0.2, 0) is 10.0 Å². The maximum Gasteiger partial charge on any atom is 0.573 e. The number of halogens is 3. The number of rotatable bonds is 4. The van der Waals surface area contributed by atoms with Crippen molar-refractivity contribution in [3.8, 4) is 5.75 Å². The summed E-state index contributed by atoms with van der Waals surface area (Å²) in [5.41, 5.74) is 5.84. The molecule has 1 heterocycles. The van der Waals surface area contributed by atoms with Gasteiger partial charge in [-0.3, -0.25) is 0 Å². The first kappa shape index (κ1) is 18.0. The van der Waals surface area contributed by atoms with Crippen LogP contribution in [0.4, 0.5) is 13.2 Å². The molecule has 1 aliphatic heterocycles.